The maximum absolute atomic E-state index is 9.83. The van der Waals surface area contributed by atoms with E-state index in [0.29, 0.717) is 0 Å². The Balaban J connectivity index is 0.000000552. The van der Waals surface area contributed by atoms with Crippen LogP contribution in [0.2, 0.25) is 0 Å². The summed E-state index contributed by atoms with van der Waals surface area (Å²) in [6, 6.07) is 43.5. The van der Waals surface area contributed by atoms with E-state index in [1.54, 1.807) is 0 Å². The molecule has 0 aliphatic heterocycles. The molecule has 0 aliphatic carbocycles. The fourth-order valence-corrected chi connectivity index (χ4v) is 4.12. The molecule has 4 rings (SSSR count). The van der Waals surface area contributed by atoms with Crippen LogP contribution in [0.4, 0.5) is 9.28 Å². The number of benzene rings is 4. The summed E-state index contributed by atoms with van der Waals surface area (Å²) < 4.78 is 29.5. The Kier molecular flexibility index (Phi) is 7.51. The molecule has 0 aliphatic rings. The fraction of sp³-hybridized carbons (Fsp3) is 0. The summed E-state index contributed by atoms with van der Waals surface area (Å²) in [5, 5.41) is 0. The smallest absolute Gasteiger partial charge is 0.108 e. The third-order valence-electron chi connectivity index (χ3n) is 5.20. The van der Waals surface area contributed by atoms with Crippen molar-refractivity contribution in [2.45, 2.75) is 0 Å². The van der Waals surface area contributed by atoms with Gasteiger partial charge in [0.2, 0.25) is 0 Å². The minimum Gasteiger partial charge on any atom is -0.195 e. The summed E-state index contributed by atoms with van der Waals surface area (Å²) in [5.41, 5.74) is 5.36. The van der Waals surface area contributed by atoms with Crippen LogP contribution in [0.1, 0.15) is 0 Å². The molecule has 0 saturated carbocycles. The van der Waals surface area contributed by atoms with E-state index in [4.69, 9.17) is 0 Å². The van der Waals surface area contributed by atoms with Gasteiger partial charge in [-0.2, -0.15) is 21.9 Å². The maximum atomic E-state index is 9.83. The molecule has 4 aromatic carbocycles. The molecule has 0 radical (unpaired) electrons. The van der Waals surface area contributed by atoms with Crippen LogP contribution in [-0.4, -0.2) is 6.15 Å². The van der Waals surface area contributed by atoms with Crippen molar-refractivity contribution in [2.75, 3.05) is 0 Å². The van der Waals surface area contributed by atoms with Crippen molar-refractivity contribution in [3.8, 4) is 0 Å². The number of hydrogen-bond donors (Lipinski definition) is 0. The standard InChI is InChI=1S/C24H20B.3FH.Ti/c1-5-13-21(14-6-1)25(22-15-7-2-8-16-22,23-17-9-3-10-18-23)24-19-11-4-12-20-24;;;;/h1-20H;3*1H;/q-1;;;;+4/p-3. The molecule has 0 unspecified atom stereocenters. The Morgan fingerprint density at radius 1 is 0.379 bits per heavy atom. The van der Waals surface area contributed by atoms with E-state index < -0.39 is 25.6 Å². The van der Waals surface area contributed by atoms with Crippen LogP contribution in [-0.2, 0) is 19.5 Å². The molecular weight excluding hydrogens is 404 g/mol. The Morgan fingerprint density at radius 3 is 0.724 bits per heavy atom. The van der Waals surface area contributed by atoms with Crippen molar-refractivity contribution in [3.63, 3.8) is 0 Å². The van der Waals surface area contributed by atoms with Crippen LogP contribution in [0.5, 0.6) is 0 Å². The van der Waals surface area contributed by atoms with Crippen molar-refractivity contribution in [1.29, 1.82) is 0 Å². The summed E-state index contributed by atoms with van der Waals surface area (Å²) in [5.74, 6) is 0. The van der Waals surface area contributed by atoms with E-state index in [1.165, 1.54) is 21.9 Å². The van der Waals surface area contributed by atoms with Crippen LogP contribution in [0.3, 0.4) is 0 Å². The summed E-state index contributed by atoms with van der Waals surface area (Å²) in [6.45, 7) is 0. The monoisotopic (exact) mass is 424 g/mol. The minimum absolute atomic E-state index is 1.22. The first-order valence-electron chi connectivity index (χ1n) is 9.36. The first kappa shape index (κ1) is 21.2. The summed E-state index contributed by atoms with van der Waals surface area (Å²) in [7, 11) is 0. The van der Waals surface area contributed by atoms with Gasteiger partial charge in [-0.05, 0) is 0 Å². The van der Waals surface area contributed by atoms with E-state index >= 15 is 0 Å². The Morgan fingerprint density at radius 2 is 0.552 bits per heavy atom. The molecule has 4 aromatic rings. The Hall–Kier alpha value is -2.55. The van der Waals surface area contributed by atoms with Crippen molar-refractivity contribution in [3.05, 3.63) is 121 Å². The van der Waals surface area contributed by atoms with E-state index in [0.717, 1.165) is 0 Å². The number of hydrogen-bond acceptors (Lipinski definition) is 0. The van der Waals surface area contributed by atoms with E-state index in [9.17, 15) is 9.28 Å². The quantitative estimate of drug-likeness (QED) is 0.429. The van der Waals surface area contributed by atoms with Gasteiger partial charge in [0, 0.05) is 0 Å². The fourth-order valence-electron chi connectivity index (χ4n) is 4.12. The molecule has 5 heteroatoms. The summed E-state index contributed by atoms with van der Waals surface area (Å²) in [6.07, 6.45) is -1.22. The van der Waals surface area contributed by atoms with Gasteiger partial charge in [-0.1, -0.05) is 121 Å². The van der Waals surface area contributed by atoms with E-state index in [-0.39, 0.29) is 0 Å². The second-order valence-electron chi connectivity index (χ2n) is 6.72. The first-order valence-corrected chi connectivity index (χ1v) is 11.1. The average molecular weight is 424 g/mol. The van der Waals surface area contributed by atoms with Crippen LogP contribution >= 0.6 is 0 Å². The van der Waals surface area contributed by atoms with Gasteiger partial charge in [0.25, 0.3) is 0 Å². The predicted octanol–water partition coefficient (Wildman–Crippen LogP) is 4.32. The maximum Gasteiger partial charge on any atom is 0.108 e. The topological polar surface area (TPSA) is 0 Å². The number of halogens is 3. The normalized spacial score (nSPS) is 10.6. The first-order chi connectivity index (χ1) is 14.2. The van der Waals surface area contributed by atoms with E-state index in [2.05, 4.69) is 121 Å². The molecular formula is C24H20BF3Ti. The third-order valence-corrected chi connectivity index (χ3v) is 5.20. The molecule has 0 atom stereocenters. The second-order valence-corrected chi connectivity index (χ2v) is 7.39. The van der Waals surface area contributed by atoms with Crippen LogP contribution < -0.4 is 21.9 Å². The molecule has 0 heterocycles. The van der Waals surface area contributed by atoms with Gasteiger partial charge in [-0.15, -0.1) is 0 Å². The SMILES string of the molecule is [F][Ti+]([F])[F].c1ccc([B-](c2ccccc2)(c2ccccc2)c2ccccc2)cc1. The Bertz CT molecular complexity index is 815. The largest absolute Gasteiger partial charge is 0.195 e. The van der Waals surface area contributed by atoms with Gasteiger partial charge in [0.15, 0.2) is 0 Å². The molecule has 29 heavy (non-hydrogen) atoms. The van der Waals surface area contributed by atoms with Crippen LogP contribution in [0.25, 0.3) is 0 Å². The third kappa shape index (κ3) is 4.90. The van der Waals surface area contributed by atoms with Crippen molar-refractivity contribution in [1.82, 2.24) is 0 Å². The van der Waals surface area contributed by atoms with Crippen LogP contribution in [0.15, 0.2) is 121 Å². The predicted molar refractivity (Wildman–Crippen MR) is 113 cm³/mol. The molecule has 0 amide bonds. The second kappa shape index (κ2) is 10.3. The Labute approximate surface area is 177 Å². The zero-order chi connectivity index (χ0) is 20.5. The zero-order valence-electron chi connectivity index (χ0n) is 15.8. The molecule has 0 fully saturated rings. The van der Waals surface area contributed by atoms with Gasteiger partial charge in [-0.3, -0.25) is 0 Å². The molecule has 0 saturated heterocycles. The van der Waals surface area contributed by atoms with E-state index in [1.807, 2.05) is 0 Å². The average Bonchev–Trinajstić information content (AvgIpc) is 2.77. The summed E-state index contributed by atoms with van der Waals surface area (Å²) in [4.78, 5) is 0. The summed E-state index contributed by atoms with van der Waals surface area (Å²) >= 11 is -4.83. The molecule has 0 spiro atoms. The van der Waals surface area contributed by atoms with Crippen LogP contribution in [0, 0.1) is 0 Å². The zero-order valence-corrected chi connectivity index (χ0v) is 17.3. The van der Waals surface area contributed by atoms with Crippen molar-refractivity contribution >= 4 is 28.0 Å². The molecule has 0 aromatic heterocycles. The van der Waals surface area contributed by atoms with Crippen molar-refractivity contribution in [2.24, 2.45) is 0 Å². The molecule has 0 bridgehead atoms. The van der Waals surface area contributed by atoms with Gasteiger partial charge in [0.05, 0.1) is 0 Å². The number of rotatable bonds is 4. The molecule has 0 nitrogen and oxygen atoms in total. The molecule has 144 valence electrons. The van der Waals surface area contributed by atoms with Gasteiger partial charge < -0.3 is 0 Å². The minimum atomic E-state index is -4.83. The molecule has 0 N–H and O–H groups in total. The van der Waals surface area contributed by atoms with Crippen molar-refractivity contribution < 1.29 is 28.8 Å². The van der Waals surface area contributed by atoms with Gasteiger partial charge >= 0.3 is 28.8 Å². The van der Waals surface area contributed by atoms with Gasteiger partial charge in [0.1, 0.15) is 6.15 Å². The van der Waals surface area contributed by atoms with Gasteiger partial charge in [-0.25, -0.2) is 0 Å².